The van der Waals surface area contributed by atoms with Gasteiger partial charge in [-0.3, -0.25) is 9.20 Å². The van der Waals surface area contributed by atoms with Crippen LogP contribution in [0.2, 0.25) is 0 Å². The average molecular weight is 496 g/mol. The smallest absolute Gasteiger partial charge is 0.267 e. The summed E-state index contributed by atoms with van der Waals surface area (Å²) in [6, 6.07) is 22.9. The highest BCUT2D eigenvalue weighted by atomic mass is 32.2. The molecule has 0 saturated heterocycles. The molecular formula is C27H21N5O3S. The number of aryl methyl sites for hydroxylation is 1. The van der Waals surface area contributed by atoms with Crippen LogP contribution in [-0.4, -0.2) is 31.3 Å². The van der Waals surface area contributed by atoms with Crippen molar-refractivity contribution in [3.8, 4) is 22.9 Å². The Morgan fingerprint density at radius 2 is 1.75 bits per heavy atom. The first kappa shape index (κ1) is 22.1. The lowest BCUT2D eigenvalue weighted by molar-refractivity contribution is 0.415. The summed E-state index contributed by atoms with van der Waals surface area (Å²) >= 11 is 1.48. The molecule has 0 unspecified atom stereocenters. The Kier molecular flexibility index (Phi) is 5.54. The molecule has 6 rings (SSSR count). The van der Waals surface area contributed by atoms with Gasteiger partial charge in [-0.2, -0.15) is 0 Å². The predicted octanol–water partition coefficient (Wildman–Crippen LogP) is 5.30. The van der Waals surface area contributed by atoms with Crippen molar-refractivity contribution < 1.29 is 9.15 Å². The van der Waals surface area contributed by atoms with Crippen molar-refractivity contribution in [2.75, 3.05) is 7.11 Å². The van der Waals surface area contributed by atoms with Crippen molar-refractivity contribution in [3.05, 3.63) is 101 Å². The number of thioether (sulfide) groups is 1. The summed E-state index contributed by atoms with van der Waals surface area (Å²) < 4.78 is 14.4. The molecule has 0 radical (unpaired) electrons. The van der Waals surface area contributed by atoms with Crippen LogP contribution >= 0.6 is 11.8 Å². The molecule has 0 atom stereocenters. The zero-order valence-corrected chi connectivity index (χ0v) is 20.4. The maximum Gasteiger partial charge on any atom is 0.267 e. The van der Waals surface area contributed by atoms with Crippen molar-refractivity contribution >= 4 is 28.4 Å². The number of fused-ring (bicyclic) bond motifs is 3. The molecule has 0 bridgehead atoms. The van der Waals surface area contributed by atoms with Crippen molar-refractivity contribution in [1.82, 2.24) is 24.1 Å². The molecule has 3 aromatic heterocycles. The molecule has 3 heterocycles. The van der Waals surface area contributed by atoms with Gasteiger partial charge in [0, 0.05) is 11.3 Å². The number of methoxy groups -OCH3 is 1. The van der Waals surface area contributed by atoms with Gasteiger partial charge < -0.3 is 9.15 Å². The van der Waals surface area contributed by atoms with Gasteiger partial charge in [0.15, 0.2) is 5.16 Å². The van der Waals surface area contributed by atoms with Gasteiger partial charge >= 0.3 is 0 Å². The van der Waals surface area contributed by atoms with Gasteiger partial charge in [0.2, 0.25) is 11.7 Å². The van der Waals surface area contributed by atoms with E-state index in [0.29, 0.717) is 28.0 Å². The molecule has 0 aliphatic carbocycles. The zero-order valence-electron chi connectivity index (χ0n) is 19.6. The predicted molar refractivity (Wildman–Crippen MR) is 139 cm³/mol. The van der Waals surface area contributed by atoms with Crippen LogP contribution in [-0.2, 0) is 5.75 Å². The maximum atomic E-state index is 13.4. The van der Waals surface area contributed by atoms with Gasteiger partial charge in [0.05, 0.1) is 29.4 Å². The number of ether oxygens (including phenoxy) is 1. The quantitative estimate of drug-likeness (QED) is 0.290. The number of hydrogen-bond acceptors (Lipinski definition) is 7. The van der Waals surface area contributed by atoms with Crippen LogP contribution < -0.4 is 10.3 Å². The highest BCUT2D eigenvalue weighted by Gasteiger charge is 2.18. The first-order chi connectivity index (χ1) is 17.6. The van der Waals surface area contributed by atoms with Gasteiger partial charge in [0.1, 0.15) is 12.0 Å². The van der Waals surface area contributed by atoms with Crippen molar-refractivity contribution in [2.45, 2.75) is 17.8 Å². The third-order valence-corrected chi connectivity index (χ3v) is 6.89. The van der Waals surface area contributed by atoms with E-state index in [1.165, 1.54) is 11.8 Å². The molecule has 8 nitrogen and oxygen atoms in total. The number of rotatable bonds is 6. The summed E-state index contributed by atoms with van der Waals surface area (Å²) in [5.41, 5.74) is 4.12. The third kappa shape index (κ3) is 3.83. The lowest BCUT2D eigenvalue weighted by Crippen LogP contribution is -2.21. The molecule has 0 N–H and O–H groups in total. The second kappa shape index (κ2) is 9.01. The van der Waals surface area contributed by atoms with Crippen LogP contribution in [0, 0.1) is 6.92 Å². The summed E-state index contributed by atoms with van der Waals surface area (Å²) in [5.74, 6) is 2.30. The van der Waals surface area contributed by atoms with Crippen LogP contribution in [0.5, 0.6) is 5.75 Å². The largest absolute Gasteiger partial charge is 0.497 e. The van der Waals surface area contributed by atoms with E-state index in [1.54, 1.807) is 17.9 Å². The maximum absolute atomic E-state index is 13.4. The second-order valence-electron chi connectivity index (χ2n) is 8.27. The van der Waals surface area contributed by atoms with E-state index in [4.69, 9.17) is 9.15 Å². The van der Waals surface area contributed by atoms with E-state index >= 15 is 0 Å². The zero-order chi connectivity index (χ0) is 24.6. The van der Waals surface area contributed by atoms with E-state index in [1.807, 2.05) is 84.1 Å². The van der Waals surface area contributed by atoms with E-state index in [-0.39, 0.29) is 5.56 Å². The molecule has 36 heavy (non-hydrogen) atoms. The Morgan fingerprint density at radius 3 is 2.53 bits per heavy atom. The molecule has 0 aliphatic rings. The number of hydrogen-bond donors (Lipinski definition) is 0. The standard InChI is InChI=1S/C27H21N5O3S/c1-17-7-11-20(12-8-17)31-25(33)22-5-3-4-6-23(22)32-26(31)29-30-27(32)36-16-19-15-35-24(28-19)18-9-13-21(34-2)14-10-18/h3-15H,16H2,1-2H3. The normalized spacial score (nSPS) is 11.4. The number of aromatic nitrogens is 5. The molecule has 0 aliphatic heterocycles. The number of oxazole rings is 1. The topological polar surface area (TPSA) is 87.5 Å². The van der Waals surface area contributed by atoms with E-state index in [9.17, 15) is 4.79 Å². The van der Waals surface area contributed by atoms with Crippen LogP contribution in [0.15, 0.2) is 93.4 Å². The first-order valence-electron chi connectivity index (χ1n) is 11.3. The highest BCUT2D eigenvalue weighted by molar-refractivity contribution is 7.98. The molecule has 0 amide bonds. The molecule has 0 fully saturated rings. The summed E-state index contributed by atoms with van der Waals surface area (Å²) in [6.45, 7) is 2.01. The van der Waals surface area contributed by atoms with E-state index < -0.39 is 0 Å². The average Bonchev–Trinajstić information content (AvgIpc) is 3.56. The highest BCUT2D eigenvalue weighted by Crippen LogP contribution is 2.27. The Hall–Kier alpha value is -4.37. The monoisotopic (exact) mass is 495 g/mol. The van der Waals surface area contributed by atoms with Crippen molar-refractivity contribution in [3.63, 3.8) is 0 Å². The minimum Gasteiger partial charge on any atom is -0.497 e. The van der Waals surface area contributed by atoms with Gasteiger partial charge in [-0.1, -0.05) is 41.6 Å². The molecule has 9 heteroatoms. The molecule has 178 valence electrons. The van der Waals surface area contributed by atoms with Crippen LogP contribution in [0.1, 0.15) is 11.3 Å². The minimum atomic E-state index is -0.133. The number of benzene rings is 3. The summed E-state index contributed by atoms with van der Waals surface area (Å²) in [5, 5.41) is 10.1. The van der Waals surface area contributed by atoms with Gasteiger partial charge in [0.25, 0.3) is 5.56 Å². The van der Waals surface area contributed by atoms with Gasteiger partial charge in [-0.05, 0) is 55.5 Å². The molecule has 6 aromatic rings. The third-order valence-electron chi connectivity index (χ3n) is 5.92. The van der Waals surface area contributed by atoms with Gasteiger partial charge in [-0.15, -0.1) is 10.2 Å². The van der Waals surface area contributed by atoms with Crippen LogP contribution in [0.25, 0.3) is 33.8 Å². The van der Waals surface area contributed by atoms with E-state index in [2.05, 4.69) is 15.2 Å². The van der Waals surface area contributed by atoms with Crippen molar-refractivity contribution in [1.29, 1.82) is 0 Å². The molecule has 0 saturated carbocycles. The minimum absolute atomic E-state index is 0.133. The Balaban J connectivity index is 1.38. The van der Waals surface area contributed by atoms with Crippen molar-refractivity contribution in [2.24, 2.45) is 0 Å². The lowest BCUT2D eigenvalue weighted by atomic mass is 10.2. The fourth-order valence-corrected chi connectivity index (χ4v) is 4.89. The number of nitrogens with zero attached hydrogens (tertiary/aromatic N) is 5. The fourth-order valence-electron chi connectivity index (χ4n) is 4.08. The van der Waals surface area contributed by atoms with Gasteiger partial charge in [-0.25, -0.2) is 9.55 Å². The number of para-hydroxylation sites is 1. The Morgan fingerprint density at radius 1 is 0.972 bits per heavy atom. The Bertz CT molecular complexity index is 1750. The molecular weight excluding hydrogens is 474 g/mol. The summed E-state index contributed by atoms with van der Waals surface area (Å²) in [6.07, 6.45) is 1.65. The SMILES string of the molecule is COc1ccc(-c2nc(CSc3nnc4n(-c5ccc(C)cc5)c(=O)c5ccccc5n34)co2)cc1. The summed E-state index contributed by atoms with van der Waals surface area (Å²) in [4.78, 5) is 18.1. The Labute approximate surface area is 210 Å². The summed E-state index contributed by atoms with van der Waals surface area (Å²) in [7, 11) is 1.63. The lowest BCUT2D eigenvalue weighted by Gasteiger charge is -2.11. The first-order valence-corrected chi connectivity index (χ1v) is 12.3. The molecule has 0 spiro atoms. The second-order valence-corrected chi connectivity index (χ2v) is 9.21. The van der Waals surface area contributed by atoms with Crippen LogP contribution in [0.4, 0.5) is 0 Å². The van der Waals surface area contributed by atoms with Crippen LogP contribution in [0.3, 0.4) is 0 Å². The molecule has 3 aromatic carbocycles. The van der Waals surface area contributed by atoms with E-state index in [0.717, 1.165) is 33.8 Å². The fraction of sp³-hybridized carbons (Fsp3) is 0.111.